The average molecular weight is 227 g/mol. The Labute approximate surface area is 95.6 Å². The zero-order chi connectivity index (χ0) is 11.8. The van der Waals surface area contributed by atoms with Gasteiger partial charge in [-0.2, -0.15) is 0 Å². The number of methoxy groups -OCH3 is 1. The van der Waals surface area contributed by atoms with Gasteiger partial charge < -0.3 is 9.47 Å². The second kappa shape index (κ2) is 7.19. The lowest BCUT2D eigenvalue weighted by Crippen LogP contribution is -2.19. The molecule has 1 aromatic carbocycles. The molecule has 0 aliphatic heterocycles. The number of rotatable bonds is 7. The van der Waals surface area contributed by atoms with Crippen molar-refractivity contribution in [1.82, 2.24) is 5.32 Å². The van der Waals surface area contributed by atoms with Gasteiger partial charge in [0.15, 0.2) is 11.6 Å². The highest BCUT2D eigenvalue weighted by molar-refractivity contribution is 5.29. The Bertz CT molecular complexity index is 318. The number of benzene rings is 1. The van der Waals surface area contributed by atoms with Gasteiger partial charge in [-0.25, -0.2) is 4.39 Å². The van der Waals surface area contributed by atoms with E-state index in [4.69, 9.17) is 9.47 Å². The molecule has 0 radical (unpaired) electrons. The molecule has 0 bridgehead atoms. The maximum absolute atomic E-state index is 13.4. The normalized spacial score (nSPS) is 10.4. The van der Waals surface area contributed by atoms with Crippen LogP contribution in [0.4, 0.5) is 4.39 Å². The van der Waals surface area contributed by atoms with Crippen LogP contribution in [-0.2, 0) is 11.2 Å². The standard InChI is InChI=1S/C12H18FNO2/c1-3-16-12-5-4-10(8-11(12)13)6-7-14-9-15-2/h4-5,8,14H,3,6-7,9H2,1-2H3. The Balaban J connectivity index is 2.46. The van der Waals surface area contributed by atoms with Gasteiger partial charge in [0.05, 0.1) is 13.3 Å². The van der Waals surface area contributed by atoms with Gasteiger partial charge in [0.1, 0.15) is 0 Å². The van der Waals surface area contributed by atoms with Crippen LogP contribution in [-0.4, -0.2) is 27.0 Å². The molecule has 0 spiro atoms. The van der Waals surface area contributed by atoms with E-state index in [1.807, 2.05) is 13.0 Å². The number of ether oxygens (including phenoxy) is 2. The lowest BCUT2D eigenvalue weighted by molar-refractivity contribution is 0.176. The van der Waals surface area contributed by atoms with Crippen LogP contribution in [0, 0.1) is 5.82 Å². The quantitative estimate of drug-likeness (QED) is 0.570. The van der Waals surface area contributed by atoms with E-state index in [1.54, 1.807) is 13.2 Å². The van der Waals surface area contributed by atoms with Crippen molar-refractivity contribution in [3.63, 3.8) is 0 Å². The summed E-state index contributed by atoms with van der Waals surface area (Å²) in [7, 11) is 1.63. The van der Waals surface area contributed by atoms with Crippen LogP contribution in [0.5, 0.6) is 5.75 Å². The minimum absolute atomic E-state index is 0.300. The smallest absolute Gasteiger partial charge is 0.165 e. The fourth-order valence-electron chi connectivity index (χ4n) is 1.38. The average Bonchev–Trinajstić information content (AvgIpc) is 2.28. The first-order valence-electron chi connectivity index (χ1n) is 5.38. The zero-order valence-electron chi connectivity index (χ0n) is 9.75. The van der Waals surface area contributed by atoms with Gasteiger partial charge in [0.2, 0.25) is 0 Å². The van der Waals surface area contributed by atoms with Crippen LogP contribution < -0.4 is 10.1 Å². The molecule has 90 valence electrons. The molecule has 0 fully saturated rings. The Kier molecular flexibility index (Phi) is 5.82. The Morgan fingerprint density at radius 2 is 2.19 bits per heavy atom. The molecule has 0 saturated heterocycles. The third-order valence-corrected chi connectivity index (χ3v) is 2.13. The van der Waals surface area contributed by atoms with Crippen molar-refractivity contribution >= 4 is 0 Å². The summed E-state index contributed by atoms with van der Waals surface area (Å²) in [5, 5.41) is 3.07. The van der Waals surface area contributed by atoms with Gasteiger partial charge in [0.25, 0.3) is 0 Å². The summed E-state index contributed by atoms with van der Waals surface area (Å²) in [4.78, 5) is 0. The molecule has 0 aliphatic carbocycles. The molecule has 3 nitrogen and oxygen atoms in total. The minimum Gasteiger partial charge on any atom is -0.491 e. The molecule has 0 aromatic heterocycles. The van der Waals surface area contributed by atoms with Crippen LogP contribution >= 0.6 is 0 Å². The van der Waals surface area contributed by atoms with E-state index >= 15 is 0 Å². The number of halogens is 1. The molecule has 4 heteroatoms. The van der Waals surface area contributed by atoms with Crippen LogP contribution in [0.25, 0.3) is 0 Å². The molecular weight excluding hydrogens is 209 g/mol. The summed E-state index contributed by atoms with van der Waals surface area (Å²) < 4.78 is 23.4. The third-order valence-electron chi connectivity index (χ3n) is 2.13. The fourth-order valence-corrected chi connectivity index (χ4v) is 1.38. The van der Waals surface area contributed by atoms with Crippen molar-refractivity contribution in [3.05, 3.63) is 29.6 Å². The molecule has 1 rings (SSSR count). The zero-order valence-corrected chi connectivity index (χ0v) is 9.75. The molecule has 0 heterocycles. The molecule has 0 atom stereocenters. The van der Waals surface area contributed by atoms with E-state index in [0.29, 0.717) is 19.1 Å². The SMILES string of the molecule is CCOc1ccc(CCNCOC)cc1F. The maximum Gasteiger partial charge on any atom is 0.165 e. The highest BCUT2D eigenvalue weighted by Gasteiger charge is 2.03. The Morgan fingerprint density at radius 3 is 2.81 bits per heavy atom. The Morgan fingerprint density at radius 1 is 1.38 bits per heavy atom. The van der Waals surface area contributed by atoms with Crippen LogP contribution in [0.15, 0.2) is 18.2 Å². The fraction of sp³-hybridized carbons (Fsp3) is 0.500. The third kappa shape index (κ3) is 4.16. The summed E-state index contributed by atoms with van der Waals surface area (Å²) >= 11 is 0. The Hall–Kier alpha value is -1.13. The second-order valence-corrected chi connectivity index (χ2v) is 3.38. The van der Waals surface area contributed by atoms with Crippen molar-refractivity contribution in [1.29, 1.82) is 0 Å². The second-order valence-electron chi connectivity index (χ2n) is 3.38. The maximum atomic E-state index is 13.4. The van der Waals surface area contributed by atoms with Gasteiger partial charge >= 0.3 is 0 Å². The minimum atomic E-state index is -0.300. The molecule has 0 aliphatic rings. The topological polar surface area (TPSA) is 30.5 Å². The first kappa shape index (κ1) is 12.9. The van der Waals surface area contributed by atoms with E-state index in [-0.39, 0.29) is 5.82 Å². The molecule has 16 heavy (non-hydrogen) atoms. The first-order valence-corrected chi connectivity index (χ1v) is 5.38. The van der Waals surface area contributed by atoms with Crippen LogP contribution in [0.3, 0.4) is 0 Å². The number of nitrogens with one attached hydrogen (secondary N) is 1. The van der Waals surface area contributed by atoms with E-state index < -0.39 is 0 Å². The molecule has 0 saturated carbocycles. The molecule has 1 aromatic rings. The van der Waals surface area contributed by atoms with E-state index in [0.717, 1.165) is 18.5 Å². The molecular formula is C12H18FNO2. The summed E-state index contributed by atoms with van der Waals surface area (Å²) in [6, 6.07) is 5.06. The summed E-state index contributed by atoms with van der Waals surface area (Å²) in [6.07, 6.45) is 0.771. The van der Waals surface area contributed by atoms with Crippen LogP contribution in [0.1, 0.15) is 12.5 Å². The van der Waals surface area contributed by atoms with E-state index in [9.17, 15) is 4.39 Å². The van der Waals surface area contributed by atoms with Gasteiger partial charge in [-0.15, -0.1) is 0 Å². The molecule has 0 unspecified atom stereocenters. The number of hydrogen-bond acceptors (Lipinski definition) is 3. The van der Waals surface area contributed by atoms with Gasteiger partial charge in [-0.05, 0) is 31.0 Å². The van der Waals surface area contributed by atoms with E-state index in [1.165, 1.54) is 6.07 Å². The van der Waals surface area contributed by atoms with Crippen molar-refractivity contribution in [3.8, 4) is 5.75 Å². The lowest BCUT2D eigenvalue weighted by Gasteiger charge is -2.07. The molecule has 1 N–H and O–H groups in total. The van der Waals surface area contributed by atoms with Gasteiger partial charge in [-0.1, -0.05) is 6.07 Å². The summed E-state index contributed by atoms with van der Waals surface area (Å²) in [6.45, 7) is 3.59. The lowest BCUT2D eigenvalue weighted by atomic mass is 10.1. The highest BCUT2D eigenvalue weighted by Crippen LogP contribution is 2.18. The summed E-state index contributed by atoms with van der Waals surface area (Å²) in [5.41, 5.74) is 0.949. The highest BCUT2D eigenvalue weighted by atomic mass is 19.1. The van der Waals surface area contributed by atoms with Crippen LogP contribution in [0.2, 0.25) is 0 Å². The number of hydrogen-bond donors (Lipinski definition) is 1. The predicted molar refractivity (Wildman–Crippen MR) is 61.2 cm³/mol. The van der Waals surface area contributed by atoms with Crippen molar-refractivity contribution in [2.24, 2.45) is 0 Å². The monoisotopic (exact) mass is 227 g/mol. The largest absolute Gasteiger partial charge is 0.491 e. The van der Waals surface area contributed by atoms with E-state index in [2.05, 4.69) is 5.32 Å². The van der Waals surface area contributed by atoms with Crippen molar-refractivity contribution in [2.75, 3.05) is 27.0 Å². The molecule has 0 amide bonds. The summed E-state index contributed by atoms with van der Waals surface area (Å²) in [5.74, 6) is 0.0159. The van der Waals surface area contributed by atoms with Gasteiger partial charge in [-0.3, -0.25) is 5.32 Å². The predicted octanol–water partition coefficient (Wildman–Crippen LogP) is 1.96. The van der Waals surface area contributed by atoms with Crippen molar-refractivity contribution in [2.45, 2.75) is 13.3 Å². The van der Waals surface area contributed by atoms with Gasteiger partial charge in [0, 0.05) is 13.7 Å². The van der Waals surface area contributed by atoms with Crippen molar-refractivity contribution < 1.29 is 13.9 Å². The first-order chi connectivity index (χ1) is 7.77.